The molecular formula is C10H23NSi. The maximum Gasteiger partial charge on any atom is 0.147 e. The summed E-state index contributed by atoms with van der Waals surface area (Å²) in [6, 6.07) is 0. The number of hydrogen-bond donors (Lipinski definition) is 0. The van der Waals surface area contributed by atoms with Crippen molar-refractivity contribution in [3.63, 3.8) is 0 Å². The van der Waals surface area contributed by atoms with E-state index in [1.54, 1.807) is 0 Å². The van der Waals surface area contributed by atoms with Gasteiger partial charge in [-0.2, -0.15) is 0 Å². The first-order valence-corrected chi connectivity index (χ1v) is 8.13. The average molecular weight is 185 g/mol. The number of rotatable bonds is 4. The third kappa shape index (κ3) is 3.95. The fourth-order valence-corrected chi connectivity index (χ4v) is 3.43. The molecule has 0 rings (SSSR count). The van der Waals surface area contributed by atoms with Crippen molar-refractivity contribution >= 4 is 8.24 Å². The molecule has 0 aliphatic carbocycles. The van der Waals surface area contributed by atoms with Gasteiger partial charge >= 0.3 is 0 Å². The summed E-state index contributed by atoms with van der Waals surface area (Å²) in [5.74, 6) is 0.730. The van der Waals surface area contributed by atoms with Crippen LogP contribution in [0.2, 0.25) is 19.6 Å². The summed E-state index contributed by atoms with van der Waals surface area (Å²) in [4.78, 5) is 0. The molecule has 0 amide bonds. The van der Waals surface area contributed by atoms with Crippen molar-refractivity contribution in [3.05, 3.63) is 12.3 Å². The smallest absolute Gasteiger partial charge is 0.147 e. The predicted molar refractivity (Wildman–Crippen MR) is 59.7 cm³/mol. The highest BCUT2D eigenvalue weighted by Crippen LogP contribution is 2.16. The molecule has 12 heavy (non-hydrogen) atoms. The van der Waals surface area contributed by atoms with E-state index in [0.29, 0.717) is 0 Å². The molecule has 0 saturated carbocycles. The SMILES string of the molecule is C=C(C)N(CC(C)C)[Si](C)(C)C. The van der Waals surface area contributed by atoms with Gasteiger partial charge in [-0.15, -0.1) is 0 Å². The van der Waals surface area contributed by atoms with Crippen LogP contribution in [0.4, 0.5) is 0 Å². The fraction of sp³-hybridized carbons (Fsp3) is 0.800. The zero-order valence-electron chi connectivity index (χ0n) is 9.44. The highest BCUT2D eigenvalue weighted by atomic mass is 28.3. The molecule has 2 heteroatoms. The second kappa shape index (κ2) is 4.12. The maximum atomic E-state index is 4.04. The monoisotopic (exact) mass is 185 g/mol. The molecule has 0 aliphatic rings. The maximum absolute atomic E-state index is 4.04. The predicted octanol–water partition coefficient (Wildman–Crippen LogP) is 3.31. The minimum Gasteiger partial charge on any atom is -0.402 e. The highest BCUT2D eigenvalue weighted by molar-refractivity contribution is 6.73. The third-order valence-electron chi connectivity index (χ3n) is 1.82. The Morgan fingerprint density at radius 1 is 1.33 bits per heavy atom. The Balaban J connectivity index is 4.35. The van der Waals surface area contributed by atoms with E-state index in [4.69, 9.17) is 0 Å². The van der Waals surface area contributed by atoms with Gasteiger partial charge in [-0.05, 0) is 18.5 Å². The van der Waals surface area contributed by atoms with E-state index >= 15 is 0 Å². The molecular weight excluding hydrogens is 162 g/mol. The van der Waals surface area contributed by atoms with E-state index < -0.39 is 8.24 Å². The Hall–Kier alpha value is -0.243. The Morgan fingerprint density at radius 3 is 1.83 bits per heavy atom. The fourth-order valence-electron chi connectivity index (χ4n) is 1.37. The molecule has 0 aromatic carbocycles. The molecule has 0 aromatic heterocycles. The summed E-state index contributed by atoms with van der Waals surface area (Å²) < 4.78 is 2.50. The van der Waals surface area contributed by atoms with Crippen LogP contribution in [0.25, 0.3) is 0 Å². The van der Waals surface area contributed by atoms with Crippen molar-refractivity contribution in [2.24, 2.45) is 5.92 Å². The average Bonchev–Trinajstić information content (AvgIpc) is 1.79. The molecule has 0 bridgehead atoms. The van der Waals surface area contributed by atoms with Gasteiger partial charge in [0.2, 0.25) is 0 Å². The molecule has 0 fully saturated rings. The summed E-state index contributed by atoms with van der Waals surface area (Å²) in [6.07, 6.45) is 0. The zero-order valence-corrected chi connectivity index (χ0v) is 10.4. The molecule has 72 valence electrons. The Morgan fingerprint density at radius 2 is 1.75 bits per heavy atom. The summed E-state index contributed by atoms with van der Waals surface area (Å²) in [6.45, 7) is 18.9. The highest BCUT2D eigenvalue weighted by Gasteiger charge is 2.23. The van der Waals surface area contributed by atoms with Gasteiger partial charge in [-0.3, -0.25) is 0 Å². The van der Waals surface area contributed by atoms with Gasteiger partial charge in [0.05, 0.1) is 0 Å². The van der Waals surface area contributed by atoms with E-state index in [0.717, 1.165) is 12.5 Å². The number of nitrogens with zero attached hydrogens (tertiary/aromatic N) is 1. The van der Waals surface area contributed by atoms with Crippen LogP contribution >= 0.6 is 0 Å². The molecule has 0 aromatic rings. The molecule has 0 heterocycles. The Labute approximate surface area is 78.6 Å². The summed E-state index contributed by atoms with van der Waals surface area (Å²) in [7, 11) is -1.18. The van der Waals surface area contributed by atoms with Gasteiger partial charge in [0.1, 0.15) is 8.24 Å². The lowest BCUT2D eigenvalue weighted by molar-refractivity contribution is 0.436. The quantitative estimate of drug-likeness (QED) is 0.607. The molecule has 0 aliphatic heterocycles. The van der Waals surface area contributed by atoms with Crippen molar-refractivity contribution in [1.29, 1.82) is 0 Å². The minimum atomic E-state index is -1.18. The van der Waals surface area contributed by atoms with Crippen LogP contribution < -0.4 is 0 Å². The van der Waals surface area contributed by atoms with Crippen molar-refractivity contribution in [3.8, 4) is 0 Å². The van der Waals surface area contributed by atoms with Crippen LogP contribution in [0.1, 0.15) is 20.8 Å². The molecule has 0 unspecified atom stereocenters. The molecule has 0 spiro atoms. The minimum absolute atomic E-state index is 0.730. The Bertz CT molecular complexity index is 156. The van der Waals surface area contributed by atoms with Gasteiger partial charge in [-0.1, -0.05) is 40.1 Å². The van der Waals surface area contributed by atoms with Crippen LogP contribution in [0.15, 0.2) is 12.3 Å². The van der Waals surface area contributed by atoms with Gasteiger partial charge in [-0.25, -0.2) is 0 Å². The first-order valence-electron chi connectivity index (χ1n) is 4.68. The topological polar surface area (TPSA) is 3.24 Å². The van der Waals surface area contributed by atoms with Crippen LogP contribution in [-0.4, -0.2) is 19.3 Å². The van der Waals surface area contributed by atoms with E-state index in [9.17, 15) is 0 Å². The van der Waals surface area contributed by atoms with Crippen LogP contribution in [-0.2, 0) is 0 Å². The van der Waals surface area contributed by atoms with Gasteiger partial charge < -0.3 is 4.57 Å². The molecule has 0 atom stereocenters. The van der Waals surface area contributed by atoms with Crippen molar-refractivity contribution in [2.75, 3.05) is 6.54 Å². The van der Waals surface area contributed by atoms with E-state index in [2.05, 4.69) is 51.6 Å². The molecule has 1 nitrogen and oxygen atoms in total. The largest absolute Gasteiger partial charge is 0.402 e. The van der Waals surface area contributed by atoms with Crippen molar-refractivity contribution in [2.45, 2.75) is 40.4 Å². The van der Waals surface area contributed by atoms with Gasteiger partial charge in [0, 0.05) is 6.54 Å². The third-order valence-corrected chi connectivity index (χ3v) is 4.00. The van der Waals surface area contributed by atoms with Crippen LogP contribution in [0.3, 0.4) is 0 Å². The van der Waals surface area contributed by atoms with E-state index in [-0.39, 0.29) is 0 Å². The van der Waals surface area contributed by atoms with Gasteiger partial charge in [0.25, 0.3) is 0 Å². The molecule has 0 radical (unpaired) electrons. The van der Waals surface area contributed by atoms with Crippen LogP contribution in [0, 0.1) is 5.92 Å². The number of hydrogen-bond acceptors (Lipinski definition) is 1. The molecule has 0 saturated heterocycles. The summed E-state index contributed by atoms with van der Waals surface area (Å²) in [5, 5.41) is 0. The molecule has 0 N–H and O–H groups in total. The standard InChI is InChI=1S/C10H23NSi/c1-9(2)8-11(10(3)4)12(5,6)7/h9H,3,8H2,1-2,4-7H3. The first-order chi connectivity index (χ1) is 5.25. The summed E-state index contributed by atoms with van der Waals surface area (Å²) in [5.41, 5.74) is 1.22. The lowest BCUT2D eigenvalue weighted by atomic mass is 10.2. The van der Waals surface area contributed by atoms with E-state index in [1.165, 1.54) is 5.70 Å². The first kappa shape index (κ1) is 11.8. The lowest BCUT2D eigenvalue weighted by Gasteiger charge is -2.37. The zero-order chi connectivity index (χ0) is 9.94. The summed E-state index contributed by atoms with van der Waals surface area (Å²) >= 11 is 0. The number of allylic oxidation sites excluding steroid dienone is 1. The second-order valence-electron chi connectivity index (χ2n) is 4.91. The second-order valence-corrected chi connectivity index (χ2v) is 9.79. The van der Waals surface area contributed by atoms with Crippen molar-refractivity contribution in [1.82, 2.24) is 4.57 Å². The van der Waals surface area contributed by atoms with Crippen LogP contribution in [0.5, 0.6) is 0 Å². The lowest BCUT2D eigenvalue weighted by Crippen LogP contribution is -2.46. The van der Waals surface area contributed by atoms with E-state index in [1.807, 2.05) is 0 Å². The normalized spacial score (nSPS) is 11.9. The van der Waals surface area contributed by atoms with Crippen molar-refractivity contribution < 1.29 is 0 Å². The van der Waals surface area contributed by atoms with Gasteiger partial charge in [0.15, 0.2) is 0 Å². The Kier molecular flexibility index (Phi) is 4.04.